The van der Waals surface area contributed by atoms with Crippen LogP contribution in [0.1, 0.15) is 42.5 Å². The normalized spacial score (nSPS) is 30.3. The SMILES string of the molecule is CN1CCC2(CC1)CN(c1ncccc1C(=O)N1C[C@H]3CC[C@@H]1C3)CCO2. The number of fused-ring (bicyclic) bond motifs is 2. The van der Waals surface area contributed by atoms with Crippen molar-refractivity contribution in [2.45, 2.75) is 43.7 Å². The van der Waals surface area contributed by atoms with E-state index in [1.165, 1.54) is 19.3 Å². The summed E-state index contributed by atoms with van der Waals surface area (Å²) in [5, 5.41) is 0. The number of likely N-dealkylation sites (tertiary alicyclic amines) is 2. The average molecular weight is 370 g/mol. The number of hydrogen-bond acceptors (Lipinski definition) is 5. The molecule has 6 heteroatoms. The third kappa shape index (κ3) is 3.13. The van der Waals surface area contributed by atoms with Crippen molar-refractivity contribution < 1.29 is 9.53 Å². The van der Waals surface area contributed by atoms with E-state index in [1.54, 1.807) is 0 Å². The van der Waals surface area contributed by atoms with Gasteiger partial charge in [-0.25, -0.2) is 4.98 Å². The van der Waals surface area contributed by atoms with Crippen molar-refractivity contribution >= 4 is 11.7 Å². The fourth-order valence-electron chi connectivity index (χ4n) is 5.50. The number of pyridine rings is 1. The van der Waals surface area contributed by atoms with Gasteiger partial charge >= 0.3 is 0 Å². The van der Waals surface area contributed by atoms with Crippen LogP contribution in [0.3, 0.4) is 0 Å². The predicted molar refractivity (Wildman–Crippen MR) is 104 cm³/mol. The van der Waals surface area contributed by atoms with Gasteiger partial charge in [0.05, 0.1) is 17.8 Å². The molecule has 146 valence electrons. The molecule has 5 rings (SSSR count). The van der Waals surface area contributed by atoms with Crippen LogP contribution in [-0.2, 0) is 4.74 Å². The molecular formula is C21H30N4O2. The Morgan fingerprint density at radius 3 is 2.85 bits per heavy atom. The Morgan fingerprint density at radius 2 is 2.11 bits per heavy atom. The molecule has 0 N–H and O–H groups in total. The highest BCUT2D eigenvalue weighted by atomic mass is 16.5. The highest BCUT2D eigenvalue weighted by molar-refractivity contribution is 5.99. The molecule has 4 aliphatic rings. The van der Waals surface area contributed by atoms with Crippen LogP contribution in [0.2, 0.25) is 0 Å². The van der Waals surface area contributed by atoms with Gasteiger partial charge in [-0.15, -0.1) is 0 Å². The molecule has 1 aromatic heterocycles. The van der Waals surface area contributed by atoms with Crippen molar-refractivity contribution in [2.75, 3.05) is 51.3 Å². The summed E-state index contributed by atoms with van der Waals surface area (Å²) < 4.78 is 6.26. The Morgan fingerprint density at radius 1 is 1.26 bits per heavy atom. The quantitative estimate of drug-likeness (QED) is 0.797. The third-order valence-corrected chi connectivity index (χ3v) is 7.13. The zero-order chi connectivity index (χ0) is 18.4. The Labute approximate surface area is 161 Å². The van der Waals surface area contributed by atoms with Crippen molar-refractivity contribution in [3.8, 4) is 0 Å². The van der Waals surface area contributed by atoms with Crippen LogP contribution in [0.15, 0.2) is 18.3 Å². The molecule has 2 bridgehead atoms. The second kappa shape index (κ2) is 6.74. The minimum Gasteiger partial charge on any atom is -0.371 e. The molecule has 0 unspecified atom stereocenters. The number of ether oxygens (including phenoxy) is 1. The second-order valence-electron chi connectivity index (χ2n) is 8.92. The van der Waals surface area contributed by atoms with Gasteiger partial charge in [-0.3, -0.25) is 4.79 Å². The van der Waals surface area contributed by atoms with Crippen LogP contribution in [-0.4, -0.2) is 78.7 Å². The molecule has 1 aliphatic carbocycles. The topological polar surface area (TPSA) is 48.9 Å². The first-order chi connectivity index (χ1) is 13.1. The summed E-state index contributed by atoms with van der Waals surface area (Å²) in [5.41, 5.74) is 0.685. The van der Waals surface area contributed by atoms with E-state index < -0.39 is 0 Å². The van der Waals surface area contributed by atoms with Gasteiger partial charge in [-0.05, 0) is 57.2 Å². The summed E-state index contributed by atoms with van der Waals surface area (Å²) >= 11 is 0. The van der Waals surface area contributed by atoms with Crippen LogP contribution < -0.4 is 4.90 Å². The van der Waals surface area contributed by atoms with Crippen molar-refractivity contribution in [3.05, 3.63) is 23.9 Å². The lowest BCUT2D eigenvalue weighted by Crippen LogP contribution is -2.57. The smallest absolute Gasteiger partial charge is 0.257 e. The highest BCUT2D eigenvalue weighted by Crippen LogP contribution is 2.39. The van der Waals surface area contributed by atoms with Crippen LogP contribution in [0, 0.1) is 5.92 Å². The van der Waals surface area contributed by atoms with Crippen LogP contribution >= 0.6 is 0 Å². The molecule has 2 atom stereocenters. The number of nitrogens with zero attached hydrogens (tertiary/aromatic N) is 4. The first-order valence-electron chi connectivity index (χ1n) is 10.5. The summed E-state index contributed by atoms with van der Waals surface area (Å²) in [6, 6.07) is 4.31. The lowest BCUT2D eigenvalue weighted by Gasteiger charge is -2.47. The molecule has 1 amide bonds. The van der Waals surface area contributed by atoms with E-state index in [9.17, 15) is 4.79 Å². The Kier molecular flexibility index (Phi) is 4.36. The van der Waals surface area contributed by atoms with Gasteiger partial charge in [0.15, 0.2) is 0 Å². The fraction of sp³-hybridized carbons (Fsp3) is 0.714. The number of rotatable bonds is 2. The number of carbonyl (C=O) groups excluding carboxylic acids is 1. The maximum Gasteiger partial charge on any atom is 0.257 e. The van der Waals surface area contributed by atoms with E-state index in [4.69, 9.17) is 4.74 Å². The molecule has 6 nitrogen and oxygen atoms in total. The van der Waals surface area contributed by atoms with Gasteiger partial charge < -0.3 is 19.4 Å². The molecule has 4 heterocycles. The predicted octanol–water partition coefficient (Wildman–Crippen LogP) is 2.01. The Balaban J connectivity index is 1.38. The van der Waals surface area contributed by atoms with Gasteiger partial charge in [-0.2, -0.15) is 0 Å². The fourth-order valence-corrected chi connectivity index (χ4v) is 5.50. The minimum absolute atomic E-state index is 0.0880. The number of amides is 1. The van der Waals surface area contributed by atoms with Gasteiger partial charge in [0.25, 0.3) is 5.91 Å². The molecule has 1 aromatic rings. The van der Waals surface area contributed by atoms with E-state index >= 15 is 0 Å². The Hall–Kier alpha value is -1.66. The molecule has 1 spiro atoms. The maximum atomic E-state index is 13.3. The summed E-state index contributed by atoms with van der Waals surface area (Å²) in [6.45, 7) is 5.42. The first kappa shape index (κ1) is 17.4. The van der Waals surface area contributed by atoms with Gasteiger partial charge in [-0.1, -0.05) is 0 Å². The molecular weight excluding hydrogens is 340 g/mol. The maximum absolute atomic E-state index is 13.3. The lowest BCUT2D eigenvalue weighted by molar-refractivity contribution is -0.0885. The van der Waals surface area contributed by atoms with E-state index in [0.29, 0.717) is 18.6 Å². The van der Waals surface area contributed by atoms with E-state index in [0.717, 1.165) is 56.9 Å². The molecule has 3 aliphatic heterocycles. The number of carbonyl (C=O) groups is 1. The number of hydrogen-bond donors (Lipinski definition) is 0. The van der Waals surface area contributed by atoms with E-state index in [1.807, 2.05) is 18.3 Å². The monoisotopic (exact) mass is 370 g/mol. The van der Waals surface area contributed by atoms with E-state index in [2.05, 4.69) is 26.7 Å². The van der Waals surface area contributed by atoms with Crippen LogP contribution in [0.4, 0.5) is 5.82 Å². The lowest BCUT2D eigenvalue weighted by atomic mass is 9.89. The Bertz CT molecular complexity index is 716. The van der Waals surface area contributed by atoms with Crippen LogP contribution in [0.25, 0.3) is 0 Å². The van der Waals surface area contributed by atoms with Crippen molar-refractivity contribution in [2.24, 2.45) is 5.92 Å². The highest BCUT2D eigenvalue weighted by Gasteiger charge is 2.43. The average Bonchev–Trinajstić information content (AvgIpc) is 3.34. The van der Waals surface area contributed by atoms with Gasteiger partial charge in [0, 0.05) is 45.0 Å². The largest absolute Gasteiger partial charge is 0.371 e. The number of morpholine rings is 1. The summed E-state index contributed by atoms with van der Waals surface area (Å²) in [4.78, 5) is 24.8. The summed E-state index contributed by atoms with van der Waals surface area (Å²) in [6.07, 6.45) is 7.56. The number of aromatic nitrogens is 1. The molecule has 3 saturated heterocycles. The minimum atomic E-state index is -0.0880. The third-order valence-electron chi connectivity index (χ3n) is 7.13. The number of piperidine rings is 2. The second-order valence-corrected chi connectivity index (χ2v) is 8.92. The van der Waals surface area contributed by atoms with Crippen molar-refractivity contribution in [1.82, 2.24) is 14.8 Å². The molecule has 1 saturated carbocycles. The summed E-state index contributed by atoms with van der Waals surface area (Å²) in [7, 11) is 2.17. The standard InChI is InChI=1S/C21H30N4O2/c1-23-9-6-21(7-10-23)15-24(11-12-27-21)19-18(3-2-8-22-19)20(26)25-14-16-4-5-17(25)13-16/h2-3,8,16-17H,4-7,9-15H2,1H3/t16-,17+/m0/s1. The molecule has 27 heavy (non-hydrogen) atoms. The zero-order valence-corrected chi connectivity index (χ0v) is 16.3. The molecule has 0 aromatic carbocycles. The van der Waals surface area contributed by atoms with Gasteiger partial charge in [0.1, 0.15) is 5.82 Å². The van der Waals surface area contributed by atoms with Gasteiger partial charge in [0.2, 0.25) is 0 Å². The van der Waals surface area contributed by atoms with Crippen molar-refractivity contribution in [1.29, 1.82) is 0 Å². The number of anilines is 1. The summed E-state index contributed by atoms with van der Waals surface area (Å²) in [5.74, 6) is 1.74. The van der Waals surface area contributed by atoms with Crippen LogP contribution in [0.5, 0.6) is 0 Å². The van der Waals surface area contributed by atoms with Crippen molar-refractivity contribution in [3.63, 3.8) is 0 Å². The molecule has 0 radical (unpaired) electrons. The zero-order valence-electron chi connectivity index (χ0n) is 16.3. The van der Waals surface area contributed by atoms with E-state index in [-0.39, 0.29) is 11.5 Å². The first-order valence-corrected chi connectivity index (χ1v) is 10.5. The molecule has 4 fully saturated rings.